The third kappa shape index (κ3) is 5.39. The summed E-state index contributed by atoms with van der Waals surface area (Å²) in [5, 5.41) is 5.86. The Morgan fingerprint density at radius 3 is 2.38 bits per heavy atom. The van der Waals surface area contributed by atoms with Crippen LogP contribution in [-0.2, 0) is 11.3 Å². The molecule has 164 valence electrons. The van der Waals surface area contributed by atoms with Crippen LogP contribution in [0.5, 0.6) is 11.5 Å². The second-order valence-corrected chi connectivity index (χ2v) is 7.77. The van der Waals surface area contributed by atoms with E-state index in [0.29, 0.717) is 35.3 Å². The van der Waals surface area contributed by atoms with Crippen LogP contribution in [0, 0.1) is 0 Å². The van der Waals surface area contributed by atoms with Gasteiger partial charge in [0.25, 0.3) is 5.91 Å². The van der Waals surface area contributed by atoms with Crippen molar-refractivity contribution < 1.29 is 19.1 Å². The largest absolute Gasteiger partial charge is 0.489 e. The molecule has 0 aliphatic carbocycles. The van der Waals surface area contributed by atoms with Gasteiger partial charge in [0.2, 0.25) is 5.91 Å². The van der Waals surface area contributed by atoms with Crippen molar-refractivity contribution in [2.45, 2.75) is 13.0 Å². The van der Waals surface area contributed by atoms with Crippen molar-refractivity contribution in [3.8, 4) is 22.6 Å². The van der Waals surface area contributed by atoms with Crippen molar-refractivity contribution in [1.29, 1.82) is 0 Å². The van der Waals surface area contributed by atoms with E-state index < -0.39 is 0 Å². The Morgan fingerprint density at radius 2 is 1.59 bits per heavy atom. The Kier molecular flexibility index (Phi) is 6.92. The summed E-state index contributed by atoms with van der Waals surface area (Å²) in [4.78, 5) is 24.6. The molecule has 0 atom stereocenters. The molecule has 3 aromatic carbocycles. The predicted octanol–water partition coefficient (Wildman–Crippen LogP) is 4.21. The zero-order valence-electron chi connectivity index (χ0n) is 17.4. The van der Waals surface area contributed by atoms with E-state index in [1.165, 1.54) is 0 Å². The van der Waals surface area contributed by atoms with Crippen LogP contribution in [0.4, 0.5) is 0 Å². The first kappa shape index (κ1) is 21.7. The quantitative estimate of drug-likeness (QED) is 0.589. The fourth-order valence-electron chi connectivity index (χ4n) is 3.36. The van der Waals surface area contributed by atoms with E-state index in [4.69, 9.17) is 21.1 Å². The zero-order valence-corrected chi connectivity index (χ0v) is 18.2. The number of rotatable bonds is 6. The molecule has 2 N–H and O–H groups in total. The minimum Gasteiger partial charge on any atom is -0.489 e. The molecule has 1 aliphatic heterocycles. The molecule has 3 aromatic rings. The standard InChI is InChI=1S/C25H23ClN2O4/c26-21-13-17(14-22-24(21)32-12-4-11-31-22)15-27-23(29)16-28-25(30)20-9-7-19(8-10-20)18-5-2-1-3-6-18/h1-3,5-10,13-14H,4,11-12,15-16H2,(H,27,29)(H,28,30). The number of amides is 2. The Labute approximate surface area is 191 Å². The molecule has 0 radical (unpaired) electrons. The van der Waals surface area contributed by atoms with Crippen molar-refractivity contribution in [3.05, 3.63) is 82.9 Å². The Morgan fingerprint density at radius 1 is 0.875 bits per heavy atom. The molecule has 2 amide bonds. The molecule has 7 heteroatoms. The summed E-state index contributed by atoms with van der Waals surface area (Å²) in [6.07, 6.45) is 0.783. The average Bonchev–Trinajstić information content (AvgIpc) is 3.08. The predicted molar refractivity (Wildman–Crippen MR) is 123 cm³/mol. The van der Waals surface area contributed by atoms with E-state index in [1.54, 1.807) is 24.3 Å². The molecule has 6 nitrogen and oxygen atoms in total. The number of fused-ring (bicyclic) bond motifs is 1. The van der Waals surface area contributed by atoms with Gasteiger partial charge in [-0.05, 0) is 41.0 Å². The first-order valence-electron chi connectivity index (χ1n) is 10.4. The van der Waals surface area contributed by atoms with E-state index in [9.17, 15) is 9.59 Å². The molecule has 32 heavy (non-hydrogen) atoms. The zero-order chi connectivity index (χ0) is 22.3. The van der Waals surface area contributed by atoms with Crippen molar-refractivity contribution >= 4 is 23.4 Å². The SMILES string of the molecule is O=C(CNC(=O)c1ccc(-c2ccccc2)cc1)NCc1cc(Cl)c2c(c1)OCCCO2. The van der Waals surface area contributed by atoms with Gasteiger partial charge in [-0.3, -0.25) is 9.59 Å². The minimum absolute atomic E-state index is 0.127. The summed E-state index contributed by atoms with van der Waals surface area (Å²) in [6, 6.07) is 20.7. The molecule has 4 rings (SSSR count). The van der Waals surface area contributed by atoms with E-state index in [1.807, 2.05) is 42.5 Å². The van der Waals surface area contributed by atoms with Gasteiger partial charge in [-0.15, -0.1) is 0 Å². The van der Waals surface area contributed by atoms with Crippen molar-refractivity contribution in [2.75, 3.05) is 19.8 Å². The van der Waals surface area contributed by atoms with Gasteiger partial charge in [0.1, 0.15) is 0 Å². The smallest absolute Gasteiger partial charge is 0.251 e. The van der Waals surface area contributed by atoms with Crippen LogP contribution in [0.25, 0.3) is 11.1 Å². The highest BCUT2D eigenvalue weighted by Gasteiger charge is 2.16. The van der Waals surface area contributed by atoms with Gasteiger partial charge in [-0.2, -0.15) is 0 Å². The molecule has 0 aromatic heterocycles. The number of halogens is 1. The van der Waals surface area contributed by atoms with Gasteiger partial charge in [-0.1, -0.05) is 54.1 Å². The lowest BCUT2D eigenvalue weighted by Gasteiger charge is -2.12. The lowest BCUT2D eigenvalue weighted by Crippen LogP contribution is -2.36. The van der Waals surface area contributed by atoms with Crippen LogP contribution in [0.2, 0.25) is 5.02 Å². The number of nitrogens with one attached hydrogen (secondary N) is 2. The van der Waals surface area contributed by atoms with Crippen LogP contribution in [0.1, 0.15) is 22.3 Å². The van der Waals surface area contributed by atoms with E-state index in [2.05, 4.69) is 10.6 Å². The lowest BCUT2D eigenvalue weighted by molar-refractivity contribution is -0.120. The molecule has 0 unspecified atom stereocenters. The molecular formula is C25H23ClN2O4. The minimum atomic E-state index is -0.307. The number of hydrogen-bond donors (Lipinski definition) is 2. The fraction of sp³-hybridized carbons (Fsp3) is 0.200. The number of hydrogen-bond acceptors (Lipinski definition) is 4. The summed E-state index contributed by atoms with van der Waals surface area (Å²) >= 11 is 6.28. The normalized spacial score (nSPS) is 12.5. The molecule has 0 saturated heterocycles. The summed E-state index contributed by atoms with van der Waals surface area (Å²) in [5.41, 5.74) is 3.38. The fourth-order valence-corrected chi connectivity index (χ4v) is 3.64. The maximum absolute atomic E-state index is 12.4. The molecule has 0 bridgehead atoms. The third-order valence-corrected chi connectivity index (χ3v) is 5.30. The molecule has 1 heterocycles. The lowest BCUT2D eigenvalue weighted by atomic mass is 10.0. The third-order valence-electron chi connectivity index (χ3n) is 5.02. The first-order chi connectivity index (χ1) is 15.6. The van der Waals surface area contributed by atoms with Crippen molar-refractivity contribution in [1.82, 2.24) is 10.6 Å². The number of ether oxygens (including phenoxy) is 2. The second-order valence-electron chi connectivity index (χ2n) is 7.36. The van der Waals surface area contributed by atoms with Crippen molar-refractivity contribution in [3.63, 3.8) is 0 Å². The first-order valence-corrected chi connectivity index (χ1v) is 10.8. The average molecular weight is 451 g/mol. The second kappa shape index (κ2) is 10.2. The number of carbonyl (C=O) groups excluding carboxylic acids is 2. The van der Waals surface area contributed by atoms with Crippen molar-refractivity contribution in [2.24, 2.45) is 0 Å². The maximum Gasteiger partial charge on any atom is 0.251 e. The van der Waals surface area contributed by atoms with Crippen LogP contribution in [0.3, 0.4) is 0 Å². The molecular weight excluding hydrogens is 428 g/mol. The van der Waals surface area contributed by atoms with E-state index in [-0.39, 0.29) is 24.9 Å². The summed E-state index contributed by atoms with van der Waals surface area (Å²) in [7, 11) is 0. The van der Waals surface area contributed by atoms with Crippen LogP contribution < -0.4 is 20.1 Å². The van der Waals surface area contributed by atoms with Crippen LogP contribution in [0.15, 0.2) is 66.7 Å². The molecule has 0 spiro atoms. The van der Waals surface area contributed by atoms with Gasteiger partial charge in [0.05, 0.1) is 24.8 Å². The topological polar surface area (TPSA) is 76.7 Å². The van der Waals surface area contributed by atoms with Gasteiger partial charge in [0, 0.05) is 18.5 Å². The molecule has 1 aliphatic rings. The number of benzene rings is 3. The highest BCUT2D eigenvalue weighted by Crippen LogP contribution is 2.37. The maximum atomic E-state index is 12.4. The summed E-state index contributed by atoms with van der Waals surface area (Å²) in [5.74, 6) is 0.497. The van der Waals surface area contributed by atoms with Crippen LogP contribution in [-0.4, -0.2) is 31.6 Å². The molecule has 0 saturated carbocycles. The highest BCUT2D eigenvalue weighted by molar-refractivity contribution is 6.32. The Balaban J connectivity index is 1.28. The van der Waals surface area contributed by atoms with Gasteiger partial charge in [0.15, 0.2) is 11.5 Å². The monoisotopic (exact) mass is 450 g/mol. The van der Waals surface area contributed by atoms with E-state index >= 15 is 0 Å². The molecule has 0 fully saturated rings. The summed E-state index contributed by atoms with van der Waals surface area (Å²) < 4.78 is 11.3. The highest BCUT2D eigenvalue weighted by atomic mass is 35.5. The van der Waals surface area contributed by atoms with Crippen LogP contribution >= 0.6 is 11.6 Å². The van der Waals surface area contributed by atoms with E-state index in [0.717, 1.165) is 23.1 Å². The Bertz CT molecular complexity index is 1100. The van der Waals surface area contributed by atoms with Gasteiger partial charge in [-0.25, -0.2) is 0 Å². The van der Waals surface area contributed by atoms with Gasteiger partial charge < -0.3 is 20.1 Å². The summed E-state index contributed by atoms with van der Waals surface area (Å²) in [6.45, 7) is 1.24. The Hall–Kier alpha value is -3.51. The number of carbonyl (C=O) groups is 2. The van der Waals surface area contributed by atoms with Gasteiger partial charge >= 0.3 is 0 Å².